The zero-order chi connectivity index (χ0) is 20.7. The monoisotopic (exact) mass is 444 g/mol. The molecule has 2 aromatic heterocycles. The van der Waals surface area contributed by atoms with Crippen molar-refractivity contribution in [3.63, 3.8) is 0 Å². The minimum Gasteiger partial charge on any atom is -0.346 e. The number of carbonyl (C=O) groups excluding carboxylic acids is 1. The van der Waals surface area contributed by atoms with Gasteiger partial charge in [-0.05, 0) is 36.5 Å². The fraction of sp³-hybridized carbons (Fsp3) is 0.350. The number of para-hydroxylation sites is 1. The second kappa shape index (κ2) is 7.69. The number of rotatable bonds is 4. The Labute approximate surface area is 178 Å². The van der Waals surface area contributed by atoms with E-state index in [2.05, 4.69) is 9.36 Å². The highest BCUT2D eigenvalue weighted by Gasteiger charge is 2.37. The molecule has 3 aromatic rings. The molecule has 1 fully saturated rings. The molecular weight excluding hydrogens is 424 g/mol. The molecule has 0 amide bonds. The molecule has 0 bridgehead atoms. The first kappa shape index (κ1) is 19.6. The zero-order valence-corrected chi connectivity index (χ0v) is 17.7. The van der Waals surface area contributed by atoms with Crippen LogP contribution in [0.15, 0.2) is 47.8 Å². The maximum absolute atomic E-state index is 13.2. The molecule has 0 saturated carbocycles. The van der Waals surface area contributed by atoms with Gasteiger partial charge in [0.1, 0.15) is 0 Å². The number of hydrogen-bond acceptors (Lipinski definition) is 8. The van der Waals surface area contributed by atoms with Gasteiger partial charge in [-0.3, -0.25) is 4.79 Å². The molecule has 0 spiro atoms. The molecule has 5 rings (SSSR count). The minimum absolute atomic E-state index is 0.0136. The molecule has 1 unspecified atom stereocenters. The Bertz CT molecular complexity index is 1190. The summed E-state index contributed by atoms with van der Waals surface area (Å²) >= 11 is 1.25. The van der Waals surface area contributed by atoms with Crippen molar-refractivity contribution in [2.45, 2.75) is 36.7 Å². The van der Waals surface area contributed by atoms with Crippen LogP contribution in [0.3, 0.4) is 0 Å². The van der Waals surface area contributed by atoms with Crippen molar-refractivity contribution >= 4 is 43.6 Å². The van der Waals surface area contributed by atoms with Crippen LogP contribution in [0.4, 0.5) is 5.69 Å². The van der Waals surface area contributed by atoms with Crippen LogP contribution in [0.2, 0.25) is 0 Å². The van der Waals surface area contributed by atoms with Gasteiger partial charge in [0.15, 0.2) is 17.5 Å². The number of anilines is 1. The van der Waals surface area contributed by atoms with E-state index in [1.165, 1.54) is 22.0 Å². The molecule has 156 valence electrons. The zero-order valence-electron chi connectivity index (χ0n) is 16.0. The van der Waals surface area contributed by atoms with Gasteiger partial charge in [-0.15, -0.1) is 0 Å². The van der Waals surface area contributed by atoms with Crippen molar-refractivity contribution in [3.05, 3.63) is 48.3 Å². The minimum atomic E-state index is -3.72. The average Bonchev–Trinajstić information content (AvgIpc) is 3.27. The smallest absolute Gasteiger partial charge is 0.261 e. The van der Waals surface area contributed by atoms with E-state index in [0.717, 1.165) is 22.2 Å². The highest BCUT2D eigenvalue weighted by atomic mass is 32.2. The van der Waals surface area contributed by atoms with Crippen LogP contribution < -0.4 is 4.90 Å². The number of piperidine rings is 1. The molecule has 0 N–H and O–H groups in total. The molecule has 8 nitrogen and oxygen atoms in total. The van der Waals surface area contributed by atoms with Crippen LogP contribution in [0.5, 0.6) is 0 Å². The third kappa shape index (κ3) is 3.20. The van der Waals surface area contributed by atoms with Crippen LogP contribution in [-0.2, 0) is 26.2 Å². The third-order valence-electron chi connectivity index (χ3n) is 5.72. The average molecular weight is 445 g/mol. The lowest BCUT2D eigenvalue weighted by molar-refractivity contribution is -0.120. The number of hydrogen-bond donors (Lipinski definition) is 0. The lowest BCUT2D eigenvalue weighted by Crippen LogP contribution is -2.53. The highest BCUT2D eigenvalue weighted by molar-refractivity contribution is 7.89. The van der Waals surface area contributed by atoms with Gasteiger partial charge < -0.3 is 9.64 Å². The van der Waals surface area contributed by atoms with Crippen molar-refractivity contribution in [2.24, 2.45) is 0 Å². The molecular formula is C20H20N4O4S2. The molecule has 1 atom stereocenters. The summed E-state index contributed by atoms with van der Waals surface area (Å²) in [5.74, 6) is 0. The topological polar surface area (TPSA) is 92.7 Å². The van der Waals surface area contributed by atoms with Gasteiger partial charge >= 0.3 is 0 Å². The van der Waals surface area contributed by atoms with Crippen LogP contribution in [0, 0.1) is 0 Å². The second-order valence-corrected chi connectivity index (χ2v) is 10.0. The summed E-state index contributed by atoms with van der Waals surface area (Å²) in [5.41, 5.74) is 2.02. The van der Waals surface area contributed by atoms with E-state index in [1.54, 1.807) is 12.3 Å². The van der Waals surface area contributed by atoms with Gasteiger partial charge in [0, 0.05) is 36.6 Å². The van der Waals surface area contributed by atoms with E-state index in [0.29, 0.717) is 37.9 Å². The number of aromatic nitrogens is 2. The quantitative estimate of drug-likeness (QED) is 0.571. The Balaban J connectivity index is 1.39. The predicted molar refractivity (Wildman–Crippen MR) is 113 cm³/mol. The Morgan fingerprint density at radius 1 is 1.17 bits per heavy atom. The Kier molecular flexibility index (Phi) is 5.02. The van der Waals surface area contributed by atoms with Crippen molar-refractivity contribution in [3.8, 4) is 0 Å². The summed E-state index contributed by atoms with van der Waals surface area (Å²) in [4.78, 5) is 17.8. The summed E-state index contributed by atoms with van der Waals surface area (Å²) < 4.78 is 38.6. The lowest BCUT2D eigenvalue weighted by Gasteiger charge is -2.44. The standard InChI is InChI=1S/C20H20N4O4S2/c25-12-19-24(17-4-2-1-3-14(17)13-28-19)15-6-9-23(10-7-15)30(26,27)20-16-11-22-29-18(16)5-8-21-20/h1-5,8,11-12,15,19H,6-7,9-10,13H2. The number of fused-ring (bicyclic) bond motifs is 2. The Hall–Kier alpha value is -2.40. The normalized spacial score (nSPS) is 20.9. The molecule has 1 saturated heterocycles. The largest absolute Gasteiger partial charge is 0.346 e. The van der Waals surface area contributed by atoms with Gasteiger partial charge in [0.25, 0.3) is 10.0 Å². The first-order valence-electron chi connectivity index (χ1n) is 9.72. The number of benzene rings is 1. The summed E-state index contributed by atoms with van der Waals surface area (Å²) in [6.07, 6.45) is 4.42. The second-order valence-electron chi connectivity index (χ2n) is 7.36. The number of ether oxygens (including phenoxy) is 1. The van der Waals surface area contributed by atoms with Crippen LogP contribution >= 0.6 is 11.5 Å². The van der Waals surface area contributed by atoms with Crippen molar-refractivity contribution in [1.29, 1.82) is 0 Å². The highest BCUT2D eigenvalue weighted by Crippen LogP contribution is 2.34. The van der Waals surface area contributed by atoms with Crippen LogP contribution in [-0.4, -0.2) is 53.7 Å². The summed E-state index contributed by atoms with van der Waals surface area (Å²) in [6.45, 7) is 1.10. The maximum Gasteiger partial charge on any atom is 0.261 e. The maximum atomic E-state index is 13.2. The summed E-state index contributed by atoms with van der Waals surface area (Å²) in [6, 6.07) is 9.66. The number of nitrogens with zero attached hydrogens (tertiary/aromatic N) is 4. The first-order chi connectivity index (χ1) is 14.6. The Morgan fingerprint density at radius 3 is 2.77 bits per heavy atom. The SMILES string of the molecule is O=CC1OCc2ccccc2N1C1CCN(S(=O)(=O)c2nccc3sncc23)CC1. The fourth-order valence-electron chi connectivity index (χ4n) is 4.25. The molecule has 1 aromatic carbocycles. The number of carbonyl (C=O) groups is 1. The van der Waals surface area contributed by atoms with Gasteiger partial charge in [0.05, 0.1) is 22.9 Å². The van der Waals surface area contributed by atoms with Crippen molar-refractivity contribution in [2.75, 3.05) is 18.0 Å². The van der Waals surface area contributed by atoms with Gasteiger partial charge in [-0.2, -0.15) is 8.68 Å². The van der Waals surface area contributed by atoms with E-state index < -0.39 is 16.3 Å². The first-order valence-corrected chi connectivity index (χ1v) is 11.9. The number of sulfonamides is 1. The molecule has 30 heavy (non-hydrogen) atoms. The lowest BCUT2D eigenvalue weighted by atomic mass is 10.0. The van der Waals surface area contributed by atoms with Crippen molar-refractivity contribution < 1.29 is 17.9 Å². The third-order valence-corrected chi connectivity index (χ3v) is 8.34. The molecule has 2 aliphatic heterocycles. The van der Waals surface area contributed by atoms with Crippen molar-refractivity contribution in [1.82, 2.24) is 13.7 Å². The Morgan fingerprint density at radius 2 is 1.97 bits per heavy atom. The number of aldehydes is 1. The molecule has 0 aliphatic carbocycles. The fourth-order valence-corrected chi connectivity index (χ4v) is 6.52. The van der Waals surface area contributed by atoms with E-state index >= 15 is 0 Å². The van der Waals surface area contributed by atoms with E-state index in [1.807, 2.05) is 29.2 Å². The van der Waals surface area contributed by atoms with Gasteiger partial charge in [-0.1, -0.05) is 18.2 Å². The van der Waals surface area contributed by atoms with Gasteiger partial charge in [0.2, 0.25) is 0 Å². The van der Waals surface area contributed by atoms with Crippen LogP contribution in [0.1, 0.15) is 18.4 Å². The molecule has 0 radical (unpaired) electrons. The van der Waals surface area contributed by atoms with Gasteiger partial charge in [-0.25, -0.2) is 13.4 Å². The van der Waals surface area contributed by atoms with Crippen LogP contribution in [0.25, 0.3) is 10.1 Å². The van der Waals surface area contributed by atoms with E-state index in [4.69, 9.17) is 4.74 Å². The van der Waals surface area contributed by atoms with E-state index in [-0.39, 0.29) is 11.1 Å². The number of pyridine rings is 1. The summed E-state index contributed by atoms with van der Waals surface area (Å²) in [7, 11) is -3.72. The predicted octanol–water partition coefficient (Wildman–Crippen LogP) is 2.41. The molecule has 2 aliphatic rings. The molecule has 10 heteroatoms. The summed E-state index contributed by atoms with van der Waals surface area (Å²) in [5, 5.41) is 0.619. The molecule has 4 heterocycles. The van der Waals surface area contributed by atoms with E-state index in [9.17, 15) is 13.2 Å².